The highest BCUT2D eigenvalue weighted by molar-refractivity contribution is 6.01. The molecule has 0 bridgehead atoms. The molecule has 2 aromatic carbocycles. The summed E-state index contributed by atoms with van der Waals surface area (Å²) in [6.07, 6.45) is 1.69. The summed E-state index contributed by atoms with van der Waals surface area (Å²) in [4.78, 5) is 12.7. The smallest absolute Gasteiger partial charge is 0.170 e. The number of carbonyl (C=O) groups excluding carboxylic acids is 1. The van der Waals surface area contributed by atoms with Crippen molar-refractivity contribution in [3.8, 4) is 5.75 Å². The van der Waals surface area contributed by atoms with E-state index >= 15 is 0 Å². The Kier molecular flexibility index (Phi) is 3.55. The summed E-state index contributed by atoms with van der Waals surface area (Å²) in [5.74, 6) is 0.954. The van der Waals surface area contributed by atoms with Crippen LogP contribution in [0.15, 0.2) is 48.5 Å². The lowest BCUT2D eigenvalue weighted by atomic mass is 9.94. The number of benzene rings is 2. The van der Waals surface area contributed by atoms with Crippen LogP contribution in [-0.2, 0) is 12.8 Å². The summed E-state index contributed by atoms with van der Waals surface area (Å²) in [7, 11) is 0. The van der Waals surface area contributed by atoms with Gasteiger partial charge in [0.15, 0.2) is 5.78 Å². The molecular weight excluding hydrogens is 248 g/mol. The minimum Gasteiger partial charge on any atom is -0.493 e. The van der Waals surface area contributed by atoms with E-state index in [0.29, 0.717) is 17.9 Å². The van der Waals surface area contributed by atoms with Gasteiger partial charge in [0.25, 0.3) is 0 Å². The third-order valence-corrected chi connectivity index (χ3v) is 3.87. The summed E-state index contributed by atoms with van der Waals surface area (Å²) in [5.41, 5.74) is 3.33. The molecule has 0 aliphatic heterocycles. The molecular formula is C18H18O2. The molecule has 0 fully saturated rings. The van der Waals surface area contributed by atoms with Crippen molar-refractivity contribution in [1.82, 2.24) is 0 Å². The first-order valence-electron chi connectivity index (χ1n) is 7.12. The number of ether oxygens (including phenoxy) is 1. The average molecular weight is 266 g/mol. The first-order valence-corrected chi connectivity index (χ1v) is 7.12. The number of para-hydroxylation sites is 1. The molecule has 2 nitrogen and oxygen atoms in total. The van der Waals surface area contributed by atoms with E-state index in [1.165, 1.54) is 11.1 Å². The van der Waals surface area contributed by atoms with Crippen molar-refractivity contribution >= 4 is 5.78 Å². The molecule has 0 aromatic heterocycles. The molecule has 1 aliphatic rings. The van der Waals surface area contributed by atoms with Gasteiger partial charge in [0.05, 0.1) is 12.2 Å². The van der Waals surface area contributed by atoms with Gasteiger partial charge in [0.1, 0.15) is 5.75 Å². The van der Waals surface area contributed by atoms with Gasteiger partial charge in [-0.15, -0.1) is 0 Å². The number of hydrogen-bond donors (Lipinski definition) is 0. The van der Waals surface area contributed by atoms with Gasteiger partial charge in [-0.1, -0.05) is 36.4 Å². The second kappa shape index (κ2) is 5.49. The Bertz CT molecular complexity index is 606. The summed E-state index contributed by atoms with van der Waals surface area (Å²) in [6, 6.07) is 15.9. The Morgan fingerprint density at radius 3 is 2.30 bits per heavy atom. The maximum absolute atomic E-state index is 12.7. The zero-order valence-corrected chi connectivity index (χ0v) is 11.6. The number of Topliss-reactive ketones (excluding diaryl/α,β-unsaturated/α-hetero) is 1. The van der Waals surface area contributed by atoms with Crippen LogP contribution in [0, 0.1) is 5.92 Å². The Balaban J connectivity index is 1.85. The molecule has 0 spiro atoms. The number of rotatable bonds is 4. The molecule has 0 atom stereocenters. The third-order valence-electron chi connectivity index (χ3n) is 3.87. The Hall–Kier alpha value is -2.09. The zero-order chi connectivity index (χ0) is 13.9. The normalized spacial score (nSPS) is 14.1. The minimum absolute atomic E-state index is 0.0500. The molecule has 0 saturated heterocycles. The van der Waals surface area contributed by atoms with Gasteiger partial charge in [-0.05, 0) is 43.0 Å². The van der Waals surface area contributed by atoms with Crippen molar-refractivity contribution in [2.45, 2.75) is 19.8 Å². The van der Waals surface area contributed by atoms with Crippen LogP contribution in [0.1, 0.15) is 28.4 Å². The summed E-state index contributed by atoms with van der Waals surface area (Å²) in [6.45, 7) is 2.52. The standard InChI is InChI=1S/C18H18O2/c1-2-20-17-10-6-5-9-16(17)18(19)15-11-13-7-3-4-8-14(13)12-15/h3-10,15H,2,11-12H2,1H3. The van der Waals surface area contributed by atoms with Gasteiger partial charge in [0, 0.05) is 5.92 Å². The highest BCUT2D eigenvalue weighted by Crippen LogP contribution is 2.31. The SMILES string of the molecule is CCOc1ccccc1C(=O)C1Cc2ccccc2C1. The molecule has 0 unspecified atom stereocenters. The molecule has 2 heteroatoms. The van der Waals surface area contributed by atoms with Crippen molar-refractivity contribution in [3.63, 3.8) is 0 Å². The fourth-order valence-corrected chi connectivity index (χ4v) is 2.92. The van der Waals surface area contributed by atoms with Crippen LogP contribution in [0.2, 0.25) is 0 Å². The lowest BCUT2D eigenvalue weighted by Gasteiger charge is -2.12. The summed E-state index contributed by atoms with van der Waals surface area (Å²) in [5, 5.41) is 0. The molecule has 102 valence electrons. The molecule has 20 heavy (non-hydrogen) atoms. The predicted octanol–water partition coefficient (Wildman–Crippen LogP) is 3.68. The van der Waals surface area contributed by atoms with Crippen molar-refractivity contribution in [2.24, 2.45) is 5.92 Å². The fraction of sp³-hybridized carbons (Fsp3) is 0.278. The van der Waals surface area contributed by atoms with Gasteiger partial charge in [-0.3, -0.25) is 4.79 Å². The Labute approximate surface area is 119 Å². The van der Waals surface area contributed by atoms with Crippen LogP contribution in [0.3, 0.4) is 0 Å². The zero-order valence-electron chi connectivity index (χ0n) is 11.6. The van der Waals surface area contributed by atoms with E-state index in [-0.39, 0.29) is 11.7 Å². The number of fused-ring (bicyclic) bond motifs is 1. The maximum Gasteiger partial charge on any atom is 0.170 e. The largest absolute Gasteiger partial charge is 0.493 e. The molecule has 0 saturated carbocycles. The fourth-order valence-electron chi connectivity index (χ4n) is 2.92. The molecule has 0 amide bonds. The van der Waals surface area contributed by atoms with E-state index in [4.69, 9.17) is 4.74 Å². The number of ketones is 1. The van der Waals surface area contributed by atoms with E-state index in [1.54, 1.807) is 0 Å². The first kappa shape index (κ1) is 12.9. The second-order valence-electron chi connectivity index (χ2n) is 5.17. The molecule has 1 aliphatic carbocycles. The van der Waals surface area contributed by atoms with E-state index in [0.717, 1.165) is 12.8 Å². The molecule has 2 aromatic rings. The second-order valence-corrected chi connectivity index (χ2v) is 5.17. The van der Waals surface area contributed by atoms with Gasteiger partial charge in [-0.25, -0.2) is 0 Å². The van der Waals surface area contributed by atoms with Crippen LogP contribution in [-0.4, -0.2) is 12.4 Å². The maximum atomic E-state index is 12.7. The quantitative estimate of drug-likeness (QED) is 0.789. The van der Waals surface area contributed by atoms with Crippen LogP contribution < -0.4 is 4.74 Å². The molecule has 0 radical (unpaired) electrons. The van der Waals surface area contributed by atoms with Gasteiger partial charge >= 0.3 is 0 Å². The molecule has 3 rings (SSSR count). The van der Waals surface area contributed by atoms with E-state index < -0.39 is 0 Å². The lowest BCUT2D eigenvalue weighted by Crippen LogP contribution is -2.16. The van der Waals surface area contributed by atoms with Crippen LogP contribution in [0.5, 0.6) is 5.75 Å². The average Bonchev–Trinajstić information content (AvgIpc) is 2.91. The Morgan fingerprint density at radius 1 is 1.05 bits per heavy atom. The Morgan fingerprint density at radius 2 is 1.65 bits per heavy atom. The van der Waals surface area contributed by atoms with Crippen LogP contribution in [0.4, 0.5) is 0 Å². The van der Waals surface area contributed by atoms with E-state index in [1.807, 2.05) is 43.3 Å². The van der Waals surface area contributed by atoms with E-state index in [2.05, 4.69) is 12.1 Å². The van der Waals surface area contributed by atoms with Gasteiger partial charge < -0.3 is 4.74 Å². The van der Waals surface area contributed by atoms with Crippen molar-refractivity contribution < 1.29 is 9.53 Å². The summed E-state index contributed by atoms with van der Waals surface area (Å²) < 4.78 is 5.57. The number of carbonyl (C=O) groups is 1. The predicted molar refractivity (Wildman–Crippen MR) is 79.3 cm³/mol. The summed E-state index contributed by atoms with van der Waals surface area (Å²) >= 11 is 0. The van der Waals surface area contributed by atoms with Crippen molar-refractivity contribution in [1.29, 1.82) is 0 Å². The van der Waals surface area contributed by atoms with Gasteiger partial charge in [-0.2, -0.15) is 0 Å². The van der Waals surface area contributed by atoms with E-state index in [9.17, 15) is 4.79 Å². The molecule has 0 N–H and O–H groups in total. The topological polar surface area (TPSA) is 26.3 Å². The monoisotopic (exact) mass is 266 g/mol. The first-order chi connectivity index (χ1) is 9.79. The van der Waals surface area contributed by atoms with Crippen molar-refractivity contribution in [3.05, 3.63) is 65.2 Å². The van der Waals surface area contributed by atoms with Crippen LogP contribution in [0.25, 0.3) is 0 Å². The highest BCUT2D eigenvalue weighted by atomic mass is 16.5. The minimum atomic E-state index is 0.0500. The van der Waals surface area contributed by atoms with Crippen LogP contribution >= 0.6 is 0 Å². The van der Waals surface area contributed by atoms with Gasteiger partial charge in [0.2, 0.25) is 0 Å². The highest BCUT2D eigenvalue weighted by Gasteiger charge is 2.29. The third kappa shape index (κ3) is 2.34. The lowest BCUT2D eigenvalue weighted by molar-refractivity contribution is 0.0921. The van der Waals surface area contributed by atoms with Crippen molar-refractivity contribution in [2.75, 3.05) is 6.61 Å². The molecule has 0 heterocycles. The number of hydrogen-bond acceptors (Lipinski definition) is 2.